The van der Waals surface area contributed by atoms with E-state index in [0.717, 1.165) is 21.7 Å². The van der Waals surface area contributed by atoms with Gasteiger partial charge in [0.25, 0.3) is 0 Å². The lowest BCUT2D eigenvalue weighted by Crippen LogP contribution is -2.53. The largest absolute Gasteiger partial charge is 0.497 e. The number of likely N-dealkylation sites (N-methyl/N-ethyl adjacent to an activating group) is 1. The van der Waals surface area contributed by atoms with E-state index in [9.17, 15) is 18.0 Å². The van der Waals surface area contributed by atoms with E-state index >= 15 is 0 Å². The molecule has 2 amide bonds. The number of carbonyl (C=O) groups excluding carboxylic acids is 2. The fraction of sp³-hybridized carbons (Fsp3) is 0.440. The van der Waals surface area contributed by atoms with Crippen LogP contribution >= 0.6 is 0 Å². The average molecular weight is 490 g/mol. The molecule has 1 N–H and O–H groups in total. The smallest absolute Gasteiger partial charge is 0.243 e. The van der Waals surface area contributed by atoms with Crippen LogP contribution in [-0.2, 0) is 32.6 Å². The molecular weight excluding hydrogens is 454 g/mol. The van der Waals surface area contributed by atoms with Gasteiger partial charge in [-0.2, -0.15) is 4.31 Å². The van der Waals surface area contributed by atoms with Gasteiger partial charge in [-0.05, 0) is 29.2 Å². The molecule has 1 atom stereocenters. The topological polar surface area (TPSA) is 96.0 Å². The van der Waals surface area contributed by atoms with Crippen molar-refractivity contribution in [2.24, 2.45) is 5.92 Å². The summed E-state index contributed by atoms with van der Waals surface area (Å²) < 4.78 is 30.1. The maximum absolute atomic E-state index is 13.4. The molecule has 2 aromatic carbocycles. The molecule has 0 saturated carbocycles. The third-order valence-electron chi connectivity index (χ3n) is 5.39. The van der Waals surface area contributed by atoms with E-state index in [2.05, 4.69) is 5.32 Å². The number of amides is 2. The van der Waals surface area contributed by atoms with Crippen LogP contribution in [-0.4, -0.2) is 69.0 Å². The molecule has 0 heterocycles. The zero-order valence-electron chi connectivity index (χ0n) is 20.5. The van der Waals surface area contributed by atoms with E-state index in [1.165, 1.54) is 11.9 Å². The monoisotopic (exact) mass is 489 g/mol. The van der Waals surface area contributed by atoms with Crippen molar-refractivity contribution in [3.05, 3.63) is 65.7 Å². The maximum Gasteiger partial charge on any atom is 0.243 e. The molecule has 2 aromatic rings. The summed E-state index contributed by atoms with van der Waals surface area (Å²) in [5.41, 5.74) is 1.70. The van der Waals surface area contributed by atoms with Crippen LogP contribution in [0.2, 0.25) is 0 Å². The fourth-order valence-electron chi connectivity index (χ4n) is 3.30. The summed E-state index contributed by atoms with van der Waals surface area (Å²) in [6.07, 6.45) is 1.35. The molecule has 0 bridgehead atoms. The Bertz CT molecular complexity index is 1040. The molecule has 0 aromatic heterocycles. The number of nitrogens with zero attached hydrogens (tertiary/aromatic N) is 2. The van der Waals surface area contributed by atoms with Gasteiger partial charge in [0.05, 0.1) is 19.9 Å². The first-order chi connectivity index (χ1) is 16.0. The fourth-order valence-corrected chi connectivity index (χ4v) is 3.65. The second-order valence-corrected chi connectivity index (χ2v) is 10.8. The van der Waals surface area contributed by atoms with E-state index in [-0.39, 0.29) is 24.9 Å². The number of hydrogen-bond donors (Lipinski definition) is 1. The number of nitrogens with one attached hydrogen (secondary N) is 1. The highest BCUT2D eigenvalue weighted by molar-refractivity contribution is 7.88. The Kier molecular flexibility index (Phi) is 10.1. The van der Waals surface area contributed by atoms with E-state index in [4.69, 9.17) is 4.74 Å². The number of sulfonamides is 1. The van der Waals surface area contributed by atoms with E-state index in [1.54, 1.807) is 19.2 Å². The van der Waals surface area contributed by atoms with Gasteiger partial charge in [0, 0.05) is 26.6 Å². The normalized spacial score (nSPS) is 12.4. The third-order valence-corrected chi connectivity index (χ3v) is 6.65. The Balaban J connectivity index is 2.43. The molecule has 0 radical (unpaired) electrons. The second kappa shape index (κ2) is 12.5. The summed E-state index contributed by atoms with van der Waals surface area (Å²) in [6, 6.07) is 15.9. The third kappa shape index (κ3) is 8.46. The van der Waals surface area contributed by atoms with Gasteiger partial charge in [-0.1, -0.05) is 56.3 Å². The summed E-state index contributed by atoms with van der Waals surface area (Å²) in [5.74, 6) is 0.183. The number of carbonyl (C=O) groups is 2. The first-order valence-corrected chi connectivity index (χ1v) is 13.0. The molecule has 0 unspecified atom stereocenters. The Morgan fingerprint density at radius 3 is 2.15 bits per heavy atom. The number of hydrogen-bond acceptors (Lipinski definition) is 5. The number of benzene rings is 2. The van der Waals surface area contributed by atoms with Crippen LogP contribution in [0.25, 0.3) is 0 Å². The minimum atomic E-state index is -3.57. The van der Waals surface area contributed by atoms with Gasteiger partial charge in [-0.15, -0.1) is 0 Å². The number of rotatable bonds is 12. The van der Waals surface area contributed by atoms with Crippen molar-refractivity contribution in [3.8, 4) is 5.75 Å². The summed E-state index contributed by atoms with van der Waals surface area (Å²) in [4.78, 5) is 28.2. The standard InChI is InChI=1S/C25H35N3O5S/c1-19(2)16-26-25(30)23(15-20-9-7-6-8-10-20)28(24(29)18-27(3)34(5,31)32)17-21-11-13-22(33-4)14-12-21/h6-14,19,23H,15-18H2,1-5H3,(H,26,30)/t23-/m1/s1. The van der Waals surface area contributed by atoms with E-state index < -0.39 is 22.0 Å². The van der Waals surface area contributed by atoms with E-state index in [1.807, 2.05) is 56.3 Å². The minimum absolute atomic E-state index is 0.146. The molecule has 186 valence electrons. The Morgan fingerprint density at radius 1 is 1.00 bits per heavy atom. The lowest BCUT2D eigenvalue weighted by Gasteiger charge is -2.32. The van der Waals surface area contributed by atoms with Crippen molar-refractivity contribution in [2.45, 2.75) is 32.9 Å². The minimum Gasteiger partial charge on any atom is -0.497 e. The SMILES string of the molecule is COc1ccc(CN(C(=O)CN(C)S(C)(=O)=O)[C@H](Cc2ccccc2)C(=O)NCC(C)C)cc1. The summed E-state index contributed by atoms with van der Waals surface area (Å²) >= 11 is 0. The van der Waals surface area contributed by atoms with Crippen LogP contribution in [0.1, 0.15) is 25.0 Å². The van der Waals surface area contributed by atoms with Crippen LogP contribution in [0.3, 0.4) is 0 Å². The van der Waals surface area contributed by atoms with Crippen LogP contribution in [0, 0.1) is 5.92 Å². The number of ether oxygens (including phenoxy) is 1. The molecule has 2 rings (SSSR count). The molecule has 0 aliphatic carbocycles. The highest BCUT2D eigenvalue weighted by Crippen LogP contribution is 2.18. The number of methoxy groups -OCH3 is 1. The molecule has 0 spiro atoms. The highest BCUT2D eigenvalue weighted by atomic mass is 32.2. The van der Waals surface area contributed by atoms with Gasteiger partial charge >= 0.3 is 0 Å². The lowest BCUT2D eigenvalue weighted by molar-refractivity contribution is -0.141. The quantitative estimate of drug-likeness (QED) is 0.494. The zero-order chi connectivity index (χ0) is 25.3. The van der Waals surface area contributed by atoms with Gasteiger partial charge in [0.2, 0.25) is 21.8 Å². The van der Waals surface area contributed by atoms with Crippen molar-refractivity contribution in [3.63, 3.8) is 0 Å². The van der Waals surface area contributed by atoms with Crippen LogP contribution in [0.5, 0.6) is 5.75 Å². The van der Waals surface area contributed by atoms with Crippen LogP contribution in [0.4, 0.5) is 0 Å². The van der Waals surface area contributed by atoms with E-state index in [0.29, 0.717) is 18.7 Å². The Hall–Kier alpha value is -2.91. The van der Waals surface area contributed by atoms with Crippen molar-refractivity contribution in [1.82, 2.24) is 14.5 Å². The zero-order valence-corrected chi connectivity index (χ0v) is 21.3. The summed E-state index contributed by atoms with van der Waals surface area (Å²) in [6.45, 7) is 4.24. The molecule has 0 fully saturated rings. The molecule has 0 aliphatic heterocycles. The molecule has 34 heavy (non-hydrogen) atoms. The van der Waals surface area contributed by atoms with Gasteiger partial charge in [0.15, 0.2) is 0 Å². The summed E-state index contributed by atoms with van der Waals surface area (Å²) in [7, 11) is -0.650. The van der Waals surface area contributed by atoms with Gasteiger partial charge in [-0.3, -0.25) is 9.59 Å². The average Bonchev–Trinajstić information content (AvgIpc) is 2.80. The van der Waals surface area contributed by atoms with Crippen molar-refractivity contribution in [2.75, 3.05) is 33.5 Å². The molecular formula is C25H35N3O5S. The van der Waals surface area contributed by atoms with Crippen LogP contribution in [0.15, 0.2) is 54.6 Å². The molecule has 0 aliphatic rings. The first kappa shape index (κ1) is 27.3. The predicted octanol–water partition coefficient (Wildman–Crippen LogP) is 2.30. The summed E-state index contributed by atoms with van der Waals surface area (Å²) in [5, 5.41) is 2.94. The molecule has 8 nitrogen and oxygen atoms in total. The molecule has 0 saturated heterocycles. The Morgan fingerprint density at radius 2 is 1.62 bits per heavy atom. The highest BCUT2D eigenvalue weighted by Gasteiger charge is 2.31. The van der Waals surface area contributed by atoms with Gasteiger partial charge < -0.3 is 15.0 Å². The van der Waals surface area contributed by atoms with Crippen LogP contribution < -0.4 is 10.1 Å². The maximum atomic E-state index is 13.4. The first-order valence-electron chi connectivity index (χ1n) is 11.2. The van der Waals surface area contributed by atoms with Gasteiger partial charge in [0.1, 0.15) is 11.8 Å². The van der Waals surface area contributed by atoms with Crippen molar-refractivity contribution in [1.29, 1.82) is 0 Å². The van der Waals surface area contributed by atoms with Crippen molar-refractivity contribution < 1.29 is 22.7 Å². The lowest BCUT2D eigenvalue weighted by atomic mass is 10.0. The molecule has 9 heteroatoms. The van der Waals surface area contributed by atoms with Crippen molar-refractivity contribution >= 4 is 21.8 Å². The Labute approximate surface area is 202 Å². The predicted molar refractivity (Wildman–Crippen MR) is 133 cm³/mol. The second-order valence-electron chi connectivity index (χ2n) is 8.73. The van der Waals surface area contributed by atoms with Gasteiger partial charge in [-0.25, -0.2) is 8.42 Å².